The van der Waals surface area contributed by atoms with Gasteiger partial charge in [-0.3, -0.25) is 5.32 Å². The van der Waals surface area contributed by atoms with Crippen molar-refractivity contribution >= 4 is 22.5 Å². The van der Waals surface area contributed by atoms with Gasteiger partial charge in [0.05, 0.1) is 5.69 Å². The number of urea groups is 1. The number of thiazole rings is 1. The molecule has 6 heteroatoms. The second-order valence-corrected chi connectivity index (χ2v) is 7.64. The molecule has 0 unspecified atom stereocenters. The van der Waals surface area contributed by atoms with Crippen molar-refractivity contribution < 1.29 is 4.79 Å². The fourth-order valence-electron chi connectivity index (χ4n) is 3.58. The van der Waals surface area contributed by atoms with Crippen LogP contribution in [0.2, 0.25) is 0 Å². The van der Waals surface area contributed by atoms with E-state index in [1.54, 1.807) is 0 Å². The Morgan fingerprint density at radius 2 is 2.17 bits per heavy atom. The first kappa shape index (κ1) is 16.7. The second kappa shape index (κ2) is 8.11. The summed E-state index contributed by atoms with van der Waals surface area (Å²) >= 11 is 1.53. The van der Waals surface area contributed by atoms with Crippen LogP contribution in [0.1, 0.15) is 44.7 Å². The van der Waals surface area contributed by atoms with Gasteiger partial charge in [0.1, 0.15) is 0 Å². The zero-order valence-electron chi connectivity index (χ0n) is 14.1. The van der Waals surface area contributed by atoms with Gasteiger partial charge in [0.25, 0.3) is 0 Å². The number of carbonyl (C=O) groups excluding carboxylic acids is 1. The highest BCUT2D eigenvalue weighted by Crippen LogP contribution is 2.22. The Balaban J connectivity index is 1.44. The molecule has 2 aliphatic rings. The first-order valence-corrected chi connectivity index (χ1v) is 9.85. The van der Waals surface area contributed by atoms with Crippen LogP contribution in [0.25, 0.3) is 0 Å². The van der Waals surface area contributed by atoms with Crippen LogP contribution in [0.4, 0.5) is 9.93 Å². The summed E-state index contributed by atoms with van der Waals surface area (Å²) in [6.07, 6.45) is 7.24. The van der Waals surface area contributed by atoms with E-state index in [4.69, 9.17) is 0 Å². The Labute approximate surface area is 143 Å². The fourth-order valence-corrected chi connectivity index (χ4v) is 4.31. The lowest BCUT2D eigenvalue weighted by molar-refractivity contribution is 0.192. The molecule has 23 heavy (non-hydrogen) atoms. The number of hydrogen-bond acceptors (Lipinski definition) is 4. The molecule has 0 aromatic carbocycles. The summed E-state index contributed by atoms with van der Waals surface area (Å²) in [5.41, 5.74) is 1.08. The summed E-state index contributed by atoms with van der Waals surface area (Å²) in [4.78, 5) is 21.4. The van der Waals surface area contributed by atoms with Crippen molar-refractivity contribution in [2.24, 2.45) is 5.92 Å². The molecule has 0 saturated carbocycles. The minimum absolute atomic E-state index is 0.0172. The van der Waals surface area contributed by atoms with Crippen LogP contribution in [-0.4, -0.2) is 53.5 Å². The van der Waals surface area contributed by atoms with E-state index in [0.717, 1.165) is 49.7 Å². The molecule has 2 aliphatic heterocycles. The maximum atomic E-state index is 12.4. The van der Waals surface area contributed by atoms with Gasteiger partial charge >= 0.3 is 6.03 Å². The maximum absolute atomic E-state index is 12.4. The predicted molar refractivity (Wildman–Crippen MR) is 95.1 cm³/mol. The molecule has 1 N–H and O–H groups in total. The third-order valence-electron chi connectivity index (χ3n) is 4.81. The Morgan fingerprint density at radius 1 is 1.35 bits per heavy atom. The Kier molecular flexibility index (Phi) is 5.89. The van der Waals surface area contributed by atoms with Crippen molar-refractivity contribution in [3.05, 3.63) is 11.1 Å². The highest BCUT2D eigenvalue weighted by molar-refractivity contribution is 7.13. The molecule has 0 bridgehead atoms. The monoisotopic (exact) mass is 336 g/mol. The van der Waals surface area contributed by atoms with E-state index < -0.39 is 0 Å². The Hall–Kier alpha value is -1.14. The minimum Gasteiger partial charge on any atom is -0.324 e. The van der Waals surface area contributed by atoms with Crippen molar-refractivity contribution in [1.29, 1.82) is 0 Å². The summed E-state index contributed by atoms with van der Waals surface area (Å²) in [5, 5.41) is 5.75. The van der Waals surface area contributed by atoms with Crippen LogP contribution >= 0.6 is 11.3 Å². The van der Waals surface area contributed by atoms with Gasteiger partial charge < -0.3 is 9.80 Å². The lowest BCUT2D eigenvalue weighted by Crippen LogP contribution is -2.37. The third kappa shape index (κ3) is 4.67. The number of rotatable bonds is 5. The normalized spacial score (nSPS) is 22.5. The molecule has 3 heterocycles. The van der Waals surface area contributed by atoms with Crippen LogP contribution in [0.15, 0.2) is 5.38 Å². The van der Waals surface area contributed by atoms with E-state index in [-0.39, 0.29) is 6.03 Å². The molecule has 3 rings (SSSR count). The molecule has 128 valence electrons. The number of hydrogen-bond donors (Lipinski definition) is 1. The van der Waals surface area contributed by atoms with Crippen molar-refractivity contribution in [3.8, 4) is 0 Å². The van der Waals surface area contributed by atoms with Crippen LogP contribution in [0.5, 0.6) is 0 Å². The lowest BCUT2D eigenvalue weighted by atomic mass is 10.1. The highest BCUT2D eigenvalue weighted by atomic mass is 32.1. The maximum Gasteiger partial charge on any atom is 0.323 e. The van der Waals surface area contributed by atoms with Gasteiger partial charge in [-0.05, 0) is 44.7 Å². The van der Waals surface area contributed by atoms with Gasteiger partial charge in [0, 0.05) is 25.0 Å². The van der Waals surface area contributed by atoms with Crippen molar-refractivity contribution in [2.75, 3.05) is 38.0 Å². The number of likely N-dealkylation sites (tertiary alicyclic amines) is 2. The Morgan fingerprint density at radius 3 is 2.96 bits per heavy atom. The van der Waals surface area contributed by atoms with Crippen molar-refractivity contribution in [2.45, 2.75) is 45.4 Å². The first-order chi connectivity index (χ1) is 11.2. The number of nitrogens with zero attached hydrogens (tertiary/aromatic N) is 3. The zero-order chi connectivity index (χ0) is 16.1. The van der Waals surface area contributed by atoms with Crippen molar-refractivity contribution in [3.63, 3.8) is 0 Å². The van der Waals surface area contributed by atoms with Gasteiger partial charge in [0.2, 0.25) is 0 Å². The molecule has 1 aromatic rings. The molecule has 5 nitrogen and oxygen atoms in total. The van der Waals surface area contributed by atoms with E-state index in [2.05, 4.69) is 22.1 Å². The molecule has 2 fully saturated rings. The van der Waals surface area contributed by atoms with Crippen LogP contribution in [0.3, 0.4) is 0 Å². The number of anilines is 1. The van der Waals surface area contributed by atoms with Crippen LogP contribution < -0.4 is 5.32 Å². The summed E-state index contributed by atoms with van der Waals surface area (Å²) < 4.78 is 0. The molecular weight excluding hydrogens is 308 g/mol. The molecule has 0 aliphatic carbocycles. The Bertz CT molecular complexity index is 512. The largest absolute Gasteiger partial charge is 0.324 e. The predicted octanol–water partition coefficient (Wildman–Crippen LogP) is 3.44. The highest BCUT2D eigenvalue weighted by Gasteiger charge is 2.28. The number of carbonyl (C=O) groups is 1. The topological polar surface area (TPSA) is 48.5 Å². The smallest absolute Gasteiger partial charge is 0.323 e. The number of nitrogens with one attached hydrogen (secondary N) is 1. The molecule has 2 saturated heterocycles. The van der Waals surface area contributed by atoms with E-state index in [1.807, 2.05) is 10.3 Å². The molecule has 2 amide bonds. The first-order valence-electron chi connectivity index (χ1n) is 8.97. The number of amides is 2. The molecule has 1 atom stereocenters. The molecule has 0 radical (unpaired) electrons. The number of piperidine rings is 1. The van der Waals surface area contributed by atoms with Gasteiger partial charge in [-0.25, -0.2) is 9.78 Å². The van der Waals surface area contributed by atoms with Crippen molar-refractivity contribution in [1.82, 2.24) is 14.8 Å². The number of aryl methyl sites for hydroxylation is 1. The molecule has 0 spiro atoms. The average molecular weight is 337 g/mol. The lowest BCUT2D eigenvalue weighted by Gasteiger charge is -2.28. The van der Waals surface area contributed by atoms with E-state index in [1.165, 1.54) is 43.7 Å². The average Bonchev–Trinajstić information content (AvgIpc) is 3.18. The molecule has 1 aromatic heterocycles. The van der Waals surface area contributed by atoms with Gasteiger partial charge in [-0.15, -0.1) is 11.3 Å². The number of aromatic nitrogens is 1. The summed E-state index contributed by atoms with van der Waals surface area (Å²) in [6, 6.07) is 0.0172. The van der Waals surface area contributed by atoms with Gasteiger partial charge in [0.15, 0.2) is 5.13 Å². The standard InChI is InChI=1S/C17H28N4OS/c1-2-6-15-13-23-16(18-15)19-17(22)21-10-7-14(12-21)11-20-8-4-3-5-9-20/h13-14H,2-12H2,1H3,(H,18,19,22)/t14-/m1/s1. The summed E-state index contributed by atoms with van der Waals surface area (Å²) in [5.74, 6) is 0.630. The summed E-state index contributed by atoms with van der Waals surface area (Å²) in [7, 11) is 0. The summed E-state index contributed by atoms with van der Waals surface area (Å²) in [6.45, 7) is 7.53. The van der Waals surface area contributed by atoms with Crippen LogP contribution in [-0.2, 0) is 6.42 Å². The quantitative estimate of drug-likeness (QED) is 0.896. The second-order valence-electron chi connectivity index (χ2n) is 6.79. The SMILES string of the molecule is CCCc1csc(NC(=O)N2CC[C@H](CN3CCCCC3)C2)n1. The van der Waals surface area contributed by atoms with Gasteiger partial charge in [-0.1, -0.05) is 19.8 Å². The van der Waals surface area contributed by atoms with E-state index in [9.17, 15) is 4.79 Å². The van der Waals surface area contributed by atoms with E-state index >= 15 is 0 Å². The minimum atomic E-state index is 0.0172. The zero-order valence-corrected chi connectivity index (χ0v) is 14.9. The fraction of sp³-hybridized carbons (Fsp3) is 0.765. The van der Waals surface area contributed by atoms with Crippen LogP contribution in [0, 0.1) is 5.92 Å². The van der Waals surface area contributed by atoms with E-state index in [0.29, 0.717) is 5.92 Å². The molecular formula is C17H28N4OS. The van der Waals surface area contributed by atoms with Gasteiger partial charge in [-0.2, -0.15) is 0 Å². The third-order valence-corrected chi connectivity index (χ3v) is 5.62.